The van der Waals surface area contributed by atoms with Gasteiger partial charge in [0.25, 0.3) is 0 Å². The Kier molecular flexibility index (Phi) is 3.79. The van der Waals surface area contributed by atoms with Gasteiger partial charge in [0.2, 0.25) is 0 Å². The van der Waals surface area contributed by atoms with Gasteiger partial charge in [0.15, 0.2) is 0 Å². The van der Waals surface area contributed by atoms with Gasteiger partial charge in [-0.15, -0.1) is 0 Å². The van der Waals surface area contributed by atoms with E-state index in [1.54, 1.807) is 11.1 Å². The van der Waals surface area contributed by atoms with E-state index in [0.717, 1.165) is 5.92 Å². The summed E-state index contributed by atoms with van der Waals surface area (Å²) >= 11 is 0. The van der Waals surface area contributed by atoms with E-state index in [-0.39, 0.29) is 0 Å². The molecule has 20 heavy (non-hydrogen) atoms. The Balaban J connectivity index is 1.78. The minimum atomic E-state index is 0.490. The Morgan fingerprint density at radius 1 is 1.10 bits per heavy atom. The van der Waals surface area contributed by atoms with Crippen LogP contribution < -0.4 is 5.32 Å². The van der Waals surface area contributed by atoms with Gasteiger partial charge in [-0.3, -0.25) is 0 Å². The molecule has 3 rings (SSSR count). The van der Waals surface area contributed by atoms with Gasteiger partial charge in [0.05, 0.1) is 0 Å². The molecule has 1 nitrogen and oxygen atoms in total. The molecule has 2 atom stereocenters. The number of hydrogen-bond acceptors (Lipinski definition) is 1. The fourth-order valence-electron chi connectivity index (χ4n) is 4.59. The Labute approximate surface area is 124 Å². The van der Waals surface area contributed by atoms with Crippen LogP contribution in [-0.2, 0) is 12.8 Å². The molecule has 1 N–H and O–H groups in total. The van der Waals surface area contributed by atoms with Crippen molar-refractivity contribution in [3.63, 3.8) is 0 Å². The fraction of sp³-hybridized carbons (Fsp3) is 0.684. The quantitative estimate of drug-likeness (QED) is 0.780. The summed E-state index contributed by atoms with van der Waals surface area (Å²) in [7, 11) is 0. The number of hydrogen-bond donors (Lipinski definition) is 1. The summed E-state index contributed by atoms with van der Waals surface area (Å²) in [5, 5.41) is 3.90. The molecule has 2 unspecified atom stereocenters. The minimum absolute atomic E-state index is 0.490. The molecule has 110 valence electrons. The highest BCUT2D eigenvalue weighted by molar-refractivity contribution is 5.56. The normalized spacial score (nSPS) is 28.8. The lowest BCUT2D eigenvalue weighted by atomic mass is 9.70. The van der Waals surface area contributed by atoms with Crippen LogP contribution in [0.15, 0.2) is 18.2 Å². The Hall–Kier alpha value is -0.980. The van der Waals surface area contributed by atoms with Gasteiger partial charge in [-0.25, -0.2) is 0 Å². The highest BCUT2D eigenvalue weighted by Gasteiger charge is 2.32. The van der Waals surface area contributed by atoms with Crippen molar-refractivity contribution in [2.75, 3.05) is 5.32 Å². The Morgan fingerprint density at radius 2 is 1.90 bits per heavy atom. The van der Waals surface area contributed by atoms with E-state index in [1.807, 2.05) is 0 Å². The van der Waals surface area contributed by atoms with Crippen LogP contribution in [0.4, 0.5) is 5.69 Å². The molecule has 0 radical (unpaired) electrons. The molecule has 0 spiro atoms. The largest absolute Gasteiger partial charge is 0.382 e. The van der Waals surface area contributed by atoms with Crippen molar-refractivity contribution in [1.29, 1.82) is 0 Å². The van der Waals surface area contributed by atoms with E-state index >= 15 is 0 Å². The molecule has 0 bridgehead atoms. The van der Waals surface area contributed by atoms with Gasteiger partial charge in [-0.2, -0.15) is 0 Å². The van der Waals surface area contributed by atoms with Gasteiger partial charge in [0, 0.05) is 11.7 Å². The lowest BCUT2D eigenvalue weighted by Crippen LogP contribution is -2.35. The zero-order valence-corrected chi connectivity index (χ0v) is 13.3. The summed E-state index contributed by atoms with van der Waals surface area (Å²) in [4.78, 5) is 0. The summed E-state index contributed by atoms with van der Waals surface area (Å²) in [5.74, 6) is 0.843. The molecule has 0 heterocycles. The van der Waals surface area contributed by atoms with Crippen LogP contribution in [0.25, 0.3) is 0 Å². The first-order chi connectivity index (χ1) is 9.53. The molecular weight excluding hydrogens is 242 g/mol. The highest BCUT2D eigenvalue weighted by atomic mass is 14.9. The molecule has 1 heteroatoms. The van der Waals surface area contributed by atoms with Crippen molar-refractivity contribution in [3.05, 3.63) is 29.3 Å². The zero-order chi connectivity index (χ0) is 14.2. The van der Waals surface area contributed by atoms with Crippen LogP contribution in [0, 0.1) is 11.3 Å². The Morgan fingerprint density at radius 3 is 2.70 bits per heavy atom. The van der Waals surface area contributed by atoms with E-state index in [2.05, 4.69) is 44.3 Å². The first-order valence-electron chi connectivity index (χ1n) is 8.41. The summed E-state index contributed by atoms with van der Waals surface area (Å²) in [6, 6.07) is 7.52. The summed E-state index contributed by atoms with van der Waals surface area (Å²) < 4.78 is 0. The molecule has 0 amide bonds. The summed E-state index contributed by atoms with van der Waals surface area (Å²) in [5.41, 5.74) is 5.11. The first kappa shape index (κ1) is 14.0. The topological polar surface area (TPSA) is 12.0 Å². The van der Waals surface area contributed by atoms with Crippen molar-refractivity contribution in [2.24, 2.45) is 11.3 Å². The second kappa shape index (κ2) is 5.42. The second-order valence-corrected chi connectivity index (χ2v) is 7.90. The van der Waals surface area contributed by atoms with Crippen LogP contribution in [-0.4, -0.2) is 6.04 Å². The molecular formula is C19H29N. The van der Waals surface area contributed by atoms with Gasteiger partial charge in [-0.05, 0) is 73.5 Å². The van der Waals surface area contributed by atoms with Gasteiger partial charge in [-0.1, -0.05) is 32.9 Å². The van der Waals surface area contributed by atoms with E-state index in [0.29, 0.717) is 11.5 Å². The predicted molar refractivity (Wildman–Crippen MR) is 87.3 cm³/mol. The third-order valence-electron chi connectivity index (χ3n) is 5.14. The lowest BCUT2D eigenvalue weighted by Gasteiger charge is -2.40. The van der Waals surface area contributed by atoms with Crippen LogP contribution >= 0.6 is 0 Å². The molecule has 0 saturated heterocycles. The number of anilines is 1. The molecule has 0 aliphatic heterocycles. The van der Waals surface area contributed by atoms with Gasteiger partial charge in [0.1, 0.15) is 0 Å². The zero-order valence-electron chi connectivity index (χ0n) is 13.3. The van der Waals surface area contributed by atoms with Crippen LogP contribution in [0.3, 0.4) is 0 Å². The highest BCUT2D eigenvalue weighted by Crippen LogP contribution is 2.40. The molecule has 1 saturated carbocycles. The van der Waals surface area contributed by atoms with Crippen molar-refractivity contribution in [2.45, 2.75) is 71.8 Å². The average molecular weight is 271 g/mol. The maximum Gasteiger partial charge on any atom is 0.0377 e. The number of fused-ring (bicyclic) bond motifs is 1. The number of nitrogens with one attached hydrogen (secondary N) is 1. The molecule has 2 aliphatic carbocycles. The van der Waals surface area contributed by atoms with Crippen molar-refractivity contribution in [3.8, 4) is 0 Å². The second-order valence-electron chi connectivity index (χ2n) is 7.90. The SMILES string of the molecule is CC1CC(Nc2cccc3c2CCCC3)CC(C)(C)C1. The van der Waals surface area contributed by atoms with Crippen LogP contribution in [0.5, 0.6) is 0 Å². The number of benzene rings is 1. The van der Waals surface area contributed by atoms with Crippen LogP contribution in [0.1, 0.15) is 64.0 Å². The van der Waals surface area contributed by atoms with E-state index in [4.69, 9.17) is 0 Å². The number of rotatable bonds is 2. The Bertz CT molecular complexity index is 475. The van der Waals surface area contributed by atoms with Crippen molar-refractivity contribution in [1.82, 2.24) is 0 Å². The smallest absolute Gasteiger partial charge is 0.0377 e. The van der Waals surface area contributed by atoms with E-state index in [1.165, 1.54) is 50.6 Å². The molecule has 1 fully saturated rings. The minimum Gasteiger partial charge on any atom is -0.382 e. The van der Waals surface area contributed by atoms with Crippen molar-refractivity contribution < 1.29 is 0 Å². The van der Waals surface area contributed by atoms with E-state index < -0.39 is 0 Å². The van der Waals surface area contributed by atoms with Gasteiger partial charge >= 0.3 is 0 Å². The van der Waals surface area contributed by atoms with Crippen LogP contribution in [0.2, 0.25) is 0 Å². The molecule has 0 aromatic heterocycles. The maximum absolute atomic E-state index is 3.90. The predicted octanol–water partition coefficient (Wildman–Crippen LogP) is 5.19. The third kappa shape index (κ3) is 3.02. The third-order valence-corrected chi connectivity index (χ3v) is 5.14. The fourth-order valence-corrected chi connectivity index (χ4v) is 4.59. The van der Waals surface area contributed by atoms with Crippen molar-refractivity contribution >= 4 is 5.69 Å². The average Bonchev–Trinajstić information content (AvgIpc) is 2.37. The maximum atomic E-state index is 3.90. The van der Waals surface area contributed by atoms with Gasteiger partial charge < -0.3 is 5.32 Å². The molecule has 2 aliphatic rings. The summed E-state index contributed by atoms with van der Waals surface area (Å²) in [6.07, 6.45) is 9.27. The molecule has 1 aromatic carbocycles. The first-order valence-corrected chi connectivity index (χ1v) is 8.41. The monoisotopic (exact) mass is 271 g/mol. The van der Waals surface area contributed by atoms with E-state index in [9.17, 15) is 0 Å². The lowest BCUT2D eigenvalue weighted by molar-refractivity contribution is 0.178. The standard InChI is InChI=1S/C19H29N/c1-14-11-16(13-19(2,3)12-14)20-18-10-6-8-15-7-4-5-9-17(15)18/h6,8,10,14,16,20H,4-5,7,9,11-13H2,1-3H3. The molecule has 1 aromatic rings. The number of aryl methyl sites for hydroxylation is 1. The summed E-state index contributed by atoms with van der Waals surface area (Å²) in [6.45, 7) is 7.27.